The molecule has 33 heavy (non-hydrogen) atoms. The molecule has 1 aromatic carbocycles. The molecule has 172 valence electrons. The highest BCUT2D eigenvalue weighted by Gasteiger charge is 2.23. The molecule has 1 N–H and O–H groups in total. The minimum atomic E-state index is -0.122. The van der Waals surface area contributed by atoms with Crippen LogP contribution in [0.4, 0.5) is 5.69 Å². The lowest BCUT2D eigenvalue weighted by atomic mass is 10.0. The number of thiophene rings is 1. The maximum atomic E-state index is 13.1. The van der Waals surface area contributed by atoms with Crippen LogP contribution in [0, 0.1) is 0 Å². The second kappa shape index (κ2) is 9.28. The van der Waals surface area contributed by atoms with Crippen molar-refractivity contribution in [2.75, 3.05) is 17.7 Å². The van der Waals surface area contributed by atoms with Crippen molar-refractivity contribution in [1.82, 2.24) is 19.2 Å². The van der Waals surface area contributed by atoms with Gasteiger partial charge >= 0.3 is 0 Å². The summed E-state index contributed by atoms with van der Waals surface area (Å²) in [6.07, 6.45) is 1.93. The van der Waals surface area contributed by atoms with Crippen molar-refractivity contribution in [1.29, 1.82) is 0 Å². The summed E-state index contributed by atoms with van der Waals surface area (Å²) in [6, 6.07) is 9.79. The lowest BCUT2D eigenvalue weighted by Gasteiger charge is -2.13. The van der Waals surface area contributed by atoms with Gasteiger partial charge in [-0.25, -0.2) is 0 Å². The number of rotatable bonds is 7. The van der Waals surface area contributed by atoms with Crippen LogP contribution in [-0.4, -0.2) is 43.5 Å². The Balaban J connectivity index is 1.38. The molecule has 3 aromatic heterocycles. The minimum absolute atomic E-state index is 0.00424. The first kappa shape index (κ1) is 22.1. The summed E-state index contributed by atoms with van der Waals surface area (Å²) < 4.78 is 9.92. The van der Waals surface area contributed by atoms with Gasteiger partial charge in [0.2, 0.25) is 11.7 Å². The number of benzene rings is 1. The lowest BCUT2D eigenvalue weighted by Crippen LogP contribution is -2.28. The van der Waals surface area contributed by atoms with Crippen molar-refractivity contribution in [2.24, 2.45) is 0 Å². The van der Waals surface area contributed by atoms with Crippen LogP contribution in [0.5, 0.6) is 0 Å². The molecule has 1 aliphatic heterocycles. The van der Waals surface area contributed by atoms with Gasteiger partial charge in [0.15, 0.2) is 5.16 Å². The van der Waals surface area contributed by atoms with Crippen LogP contribution in [0.3, 0.4) is 0 Å². The molecule has 0 spiro atoms. The Morgan fingerprint density at radius 3 is 2.82 bits per heavy atom. The van der Waals surface area contributed by atoms with Crippen molar-refractivity contribution in [3.8, 4) is 0 Å². The summed E-state index contributed by atoms with van der Waals surface area (Å²) in [6.45, 7) is 5.45. The number of amides is 1. The Labute approximate surface area is 199 Å². The molecule has 1 atom stereocenters. The van der Waals surface area contributed by atoms with Gasteiger partial charge in [-0.2, -0.15) is 0 Å². The first-order chi connectivity index (χ1) is 16.0. The van der Waals surface area contributed by atoms with Crippen molar-refractivity contribution < 1.29 is 9.53 Å². The normalized spacial score (nSPS) is 16.3. The van der Waals surface area contributed by atoms with Crippen molar-refractivity contribution >= 4 is 50.7 Å². The zero-order valence-electron chi connectivity index (χ0n) is 18.5. The standard InChI is InChI=1S/C23H25N5O3S2/c1-14(2)15-5-7-16(8-6-15)24-19(29)13-33-23-26-25-22-27(12-17-4-3-10-31-17)21(30)20-18(28(22)23)9-11-32-20/h5-9,11,14,17H,3-4,10,12-13H2,1-2H3,(H,24,29). The lowest BCUT2D eigenvalue weighted by molar-refractivity contribution is -0.113. The van der Waals surface area contributed by atoms with Crippen LogP contribution in [0.1, 0.15) is 38.2 Å². The molecule has 1 saturated heterocycles. The van der Waals surface area contributed by atoms with Gasteiger partial charge in [-0.1, -0.05) is 37.7 Å². The Bertz CT molecular complexity index is 1350. The number of thioether (sulfide) groups is 1. The number of carbonyl (C=O) groups is 1. The zero-order chi connectivity index (χ0) is 22.9. The summed E-state index contributed by atoms with van der Waals surface area (Å²) in [5, 5.41) is 14.0. The SMILES string of the molecule is CC(C)c1ccc(NC(=O)CSc2nnc3n(CC4CCCO4)c(=O)c4sccc4n23)cc1. The van der Waals surface area contributed by atoms with E-state index in [9.17, 15) is 9.59 Å². The average molecular weight is 484 g/mol. The van der Waals surface area contributed by atoms with Gasteiger partial charge in [0, 0.05) is 12.3 Å². The Morgan fingerprint density at radius 2 is 2.09 bits per heavy atom. The highest BCUT2D eigenvalue weighted by Crippen LogP contribution is 2.25. The molecule has 10 heteroatoms. The quantitative estimate of drug-likeness (QED) is 0.397. The van der Waals surface area contributed by atoms with E-state index < -0.39 is 0 Å². The van der Waals surface area contributed by atoms with E-state index in [4.69, 9.17) is 4.74 Å². The Morgan fingerprint density at radius 1 is 1.27 bits per heavy atom. The van der Waals surface area contributed by atoms with E-state index in [2.05, 4.69) is 29.4 Å². The first-order valence-electron chi connectivity index (χ1n) is 11.0. The first-order valence-corrected chi connectivity index (χ1v) is 12.9. The summed E-state index contributed by atoms with van der Waals surface area (Å²) in [4.78, 5) is 25.7. The predicted molar refractivity (Wildman–Crippen MR) is 131 cm³/mol. The highest BCUT2D eigenvalue weighted by atomic mass is 32.2. The maximum Gasteiger partial charge on any atom is 0.272 e. The number of fused-ring (bicyclic) bond motifs is 3. The molecule has 1 fully saturated rings. The molecule has 0 bridgehead atoms. The molecular formula is C23H25N5O3S2. The predicted octanol–water partition coefficient (Wildman–Crippen LogP) is 4.14. The van der Waals surface area contributed by atoms with Crippen LogP contribution in [0.15, 0.2) is 45.7 Å². The highest BCUT2D eigenvalue weighted by molar-refractivity contribution is 7.99. The molecule has 1 aliphatic rings. The number of nitrogens with one attached hydrogen (secondary N) is 1. The molecule has 0 radical (unpaired) electrons. The summed E-state index contributed by atoms with van der Waals surface area (Å²) in [5.41, 5.74) is 2.68. The van der Waals surface area contributed by atoms with Gasteiger partial charge in [-0.3, -0.25) is 18.6 Å². The molecular weight excluding hydrogens is 458 g/mol. The topological polar surface area (TPSA) is 90.5 Å². The van der Waals surface area contributed by atoms with Gasteiger partial charge in [0.25, 0.3) is 5.56 Å². The summed E-state index contributed by atoms with van der Waals surface area (Å²) >= 11 is 2.71. The second-order valence-electron chi connectivity index (χ2n) is 8.42. The number of hydrogen-bond acceptors (Lipinski definition) is 7. The van der Waals surface area contributed by atoms with E-state index >= 15 is 0 Å². The molecule has 8 nitrogen and oxygen atoms in total. The van der Waals surface area contributed by atoms with Crippen LogP contribution in [-0.2, 0) is 16.1 Å². The number of ether oxygens (including phenoxy) is 1. The number of anilines is 1. The van der Waals surface area contributed by atoms with E-state index in [-0.39, 0.29) is 23.3 Å². The largest absolute Gasteiger partial charge is 0.376 e. The zero-order valence-corrected chi connectivity index (χ0v) is 20.1. The van der Waals surface area contributed by atoms with Crippen LogP contribution in [0.2, 0.25) is 0 Å². The van der Waals surface area contributed by atoms with Crippen LogP contribution >= 0.6 is 23.1 Å². The smallest absolute Gasteiger partial charge is 0.272 e. The van der Waals surface area contributed by atoms with Gasteiger partial charge in [-0.05, 0) is 47.9 Å². The Kier molecular flexibility index (Phi) is 6.22. The van der Waals surface area contributed by atoms with Crippen molar-refractivity contribution in [2.45, 2.75) is 50.4 Å². The van der Waals surface area contributed by atoms with E-state index in [1.807, 2.05) is 40.1 Å². The number of hydrogen-bond donors (Lipinski definition) is 1. The fourth-order valence-corrected chi connectivity index (χ4v) is 5.59. The van der Waals surface area contributed by atoms with Crippen molar-refractivity contribution in [3.05, 3.63) is 51.6 Å². The molecule has 4 heterocycles. The number of aromatic nitrogens is 4. The van der Waals surface area contributed by atoms with Crippen LogP contribution in [0.25, 0.3) is 16.0 Å². The average Bonchev–Trinajstić information content (AvgIpc) is 3.56. The fourth-order valence-electron chi connectivity index (χ4n) is 4.03. The fraction of sp³-hybridized carbons (Fsp3) is 0.391. The maximum absolute atomic E-state index is 13.1. The summed E-state index contributed by atoms with van der Waals surface area (Å²) in [5.74, 6) is 0.985. The van der Waals surface area contributed by atoms with E-state index in [0.717, 1.165) is 30.7 Å². The molecule has 1 amide bonds. The molecule has 4 aromatic rings. The third kappa shape index (κ3) is 4.42. The number of nitrogens with zero attached hydrogens (tertiary/aromatic N) is 4. The van der Waals surface area contributed by atoms with E-state index in [1.54, 1.807) is 4.57 Å². The molecule has 0 aliphatic carbocycles. The van der Waals surface area contributed by atoms with E-state index in [1.165, 1.54) is 28.7 Å². The van der Waals surface area contributed by atoms with Gasteiger partial charge < -0.3 is 10.1 Å². The number of carbonyl (C=O) groups excluding carboxylic acids is 1. The van der Waals surface area contributed by atoms with Crippen molar-refractivity contribution in [3.63, 3.8) is 0 Å². The van der Waals surface area contributed by atoms with E-state index in [0.29, 0.717) is 28.1 Å². The monoisotopic (exact) mass is 483 g/mol. The second-order valence-corrected chi connectivity index (χ2v) is 10.3. The van der Waals surface area contributed by atoms with Gasteiger partial charge in [0.05, 0.1) is 23.9 Å². The van der Waals surface area contributed by atoms with Gasteiger partial charge in [-0.15, -0.1) is 21.5 Å². The third-order valence-corrected chi connectivity index (χ3v) is 7.61. The third-order valence-electron chi connectivity index (χ3n) is 5.79. The molecule has 0 saturated carbocycles. The minimum Gasteiger partial charge on any atom is -0.376 e. The molecule has 5 rings (SSSR count). The van der Waals surface area contributed by atoms with Crippen LogP contribution < -0.4 is 10.9 Å². The van der Waals surface area contributed by atoms with Gasteiger partial charge in [0.1, 0.15) is 4.70 Å². The Hall–Kier alpha value is -2.69. The molecule has 1 unspecified atom stereocenters. The summed E-state index contributed by atoms with van der Waals surface area (Å²) in [7, 11) is 0.